The quantitative estimate of drug-likeness (QED) is 0.851. The Hall–Kier alpha value is -1.45. The van der Waals surface area contributed by atoms with Gasteiger partial charge in [-0.25, -0.2) is 0 Å². The summed E-state index contributed by atoms with van der Waals surface area (Å²) in [7, 11) is 0. The Morgan fingerprint density at radius 3 is 2.89 bits per heavy atom. The molecule has 4 heteroatoms. The first kappa shape index (κ1) is 12.6. The van der Waals surface area contributed by atoms with Crippen LogP contribution in [0, 0.1) is 0 Å². The number of nitrogens with one attached hydrogen (secondary N) is 1. The number of amides is 1. The zero-order chi connectivity index (χ0) is 13.2. The zero-order valence-electron chi connectivity index (χ0n) is 10.1. The van der Waals surface area contributed by atoms with Gasteiger partial charge in [-0.05, 0) is 41.8 Å². The molecule has 1 aliphatic rings. The van der Waals surface area contributed by atoms with Crippen LogP contribution in [-0.4, -0.2) is 6.41 Å². The molecule has 1 atom stereocenters. The normalized spacial score (nSPS) is 17.0. The molecule has 0 fully saturated rings. The highest BCUT2D eigenvalue weighted by Crippen LogP contribution is 2.41. The number of benzene rings is 2. The molecule has 1 heterocycles. The van der Waals surface area contributed by atoms with E-state index in [-0.39, 0.29) is 6.04 Å². The third kappa shape index (κ3) is 2.48. The summed E-state index contributed by atoms with van der Waals surface area (Å²) in [6, 6.07) is 14.1. The molecule has 0 saturated carbocycles. The molecule has 96 valence electrons. The topological polar surface area (TPSA) is 29.1 Å². The second-order valence-corrected chi connectivity index (χ2v) is 5.95. The van der Waals surface area contributed by atoms with Gasteiger partial charge in [0.15, 0.2) is 0 Å². The molecule has 2 nitrogen and oxygen atoms in total. The van der Waals surface area contributed by atoms with Gasteiger partial charge in [-0.3, -0.25) is 4.79 Å². The molecule has 0 saturated heterocycles. The van der Waals surface area contributed by atoms with Crippen LogP contribution in [0.3, 0.4) is 0 Å². The zero-order valence-corrected chi connectivity index (χ0v) is 11.7. The van der Waals surface area contributed by atoms with Crippen LogP contribution >= 0.6 is 23.4 Å². The van der Waals surface area contributed by atoms with Gasteiger partial charge in [0.2, 0.25) is 6.41 Å². The number of hydrogen-bond acceptors (Lipinski definition) is 2. The monoisotopic (exact) mass is 289 g/mol. The fraction of sp³-hybridized carbons (Fsp3) is 0.133. The average molecular weight is 290 g/mol. The molecule has 2 aromatic rings. The van der Waals surface area contributed by atoms with Gasteiger partial charge in [-0.15, -0.1) is 0 Å². The van der Waals surface area contributed by atoms with Crippen LogP contribution in [0.5, 0.6) is 0 Å². The summed E-state index contributed by atoms with van der Waals surface area (Å²) in [6.45, 7) is 0. The summed E-state index contributed by atoms with van der Waals surface area (Å²) in [5, 5.41) is 3.59. The van der Waals surface area contributed by atoms with E-state index in [4.69, 9.17) is 11.6 Å². The molecule has 0 bridgehead atoms. The molecule has 0 spiro atoms. The highest BCUT2D eigenvalue weighted by Gasteiger charge is 2.22. The largest absolute Gasteiger partial charge is 0.351 e. The smallest absolute Gasteiger partial charge is 0.207 e. The van der Waals surface area contributed by atoms with Crippen LogP contribution in [0.4, 0.5) is 0 Å². The molecule has 0 unspecified atom stereocenters. The van der Waals surface area contributed by atoms with Crippen molar-refractivity contribution < 1.29 is 4.79 Å². The van der Waals surface area contributed by atoms with Crippen LogP contribution in [-0.2, 0) is 11.2 Å². The fourth-order valence-corrected chi connectivity index (χ4v) is 3.64. The molecular weight excluding hydrogens is 278 g/mol. The minimum absolute atomic E-state index is 0.0256. The number of rotatable bonds is 2. The lowest BCUT2D eigenvalue weighted by Gasteiger charge is -2.16. The average Bonchev–Trinajstić information content (AvgIpc) is 2.56. The van der Waals surface area contributed by atoms with Gasteiger partial charge >= 0.3 is 0 Å². The number of carbonyl (C=O) groups is 1. The Bertz CT molecular complexity index is 629. The van der Waals surface area contributed by atoms with E-state index in [1.165, 1.54) is 10.5 Å². The summed E-state index contributed by atoms with van der Waals surface area (Å²) >= 11 is 7.81. The molecule has 2 aromatic carbocycles. The standard InChI is InChI=1S/C15H12ClNOS/c16-11-5-6-15-12(8-11)13(17-9-18)7-10-3-1-2-4-14(10)19-15/h1-6,8-9,13H,7H2,(H,17,18)/t13-/m0/s1. The minimum atomic E-state index is -0.0256. The Kier molecular flexibility index (Phi) is 3.49. The lowest BCUT2D eigenvalue weighted by molar-refractivity contribution is -0.110. The number of halogens is 1. The van der Waals surface area contributed by atoms with Crippen LogP contribution in [0.2, 0.25) is 5.02 Å². The van der Waals surface area contributed by atoms with E-state index in [1.54, 1.807) is 11.8 Å². The third-order valence-electron chi connectivity index (χ3n) is 3.23. The van der Waals surface area contributed by atoms with Crippen LogP contribution in [0.1, 0.15) is 17.2 Å². The van der Waals surface area contributed by atoms with E-state index in [1.807, 2.05) is 30.3 Å². The lowest BCUT2D eigenvalue weighted by Crippen LogP contribution is -2.21. The summed E-state index contributed by atoms with van der Waals surface area (Å²) in [6.07, 6.45) is 1.54. The van der Waals surface area contributed by atoms with Crippen LogP contribution < -0.4 is 5.32 Å². The molecule has 0 aliphatic carbocycles. The van der Waals surface area contributed by atoms with Crippen molar-refractivity contribution in [2.45, 2.75) is 22.3 Å². The molecular formula is C15H12ClNOS. The van der Waals surface area contributed by atoms with Gasteiger partial charge in [0.1, 0.15) is 0 Å². The van der Waals surface area contributed by atoms with E-state index >= 15 is 0 Å². The summed E-state index contributed by atoms with van der Waals surface area (Å²) in [5.41, 5.74) is 2.33. The maximum Gasteiger partial charge on any atom is 0.207 e. The molecule has 0 aromatic heterocycles. The van der Waals surface area contributed by atoms with Crippen molar-refractivity contribution in [3.05, 3.63) is 58.6 Å². The second-order valence-electron chi connectivity index (χ2n) is 4.43. The van der Waals surface area contributed by atoms with Crippen molar-refractivity contribution in [2.75, 3.05) is 0 Å². The van der Waals surface area contributed by atoms with Crippen LogP contribution in [0.15, 0.2) is 52.3 Å². The van der Waals surface area contributed by atoms with Crippen molar-refractivity contribution in [1.82, 2.24) is 5.32 Å². The maximum absolute atomic E-state index is 10.8. The summed E-state index contributed by atoms with van der Waals surface area (Å²) in [4.78, 5) is 13.2. The molecule has 1 N–H and O–H groups in total. The summed E-state index contributed by atoms with van der Waals surface area (Å²) in [5.74, 6) is 0. The number of hydrogen-bond donors (Lipinski definition) is 1. The van der Waals surface area contributed by atoms with Crippen molar-refractivity contribution in [3.8, 4) is 0 Å². The van der Waals surface area contributed by atoms with E-state index in [9.17, 15) is 4.79 Å². The van der Waals surface area contributed by atoms with Gasteiger partial charge in [-0.2, -0.15) is 0 Å². The molecule has 0 radical (unpaired) electrons. The second kappa shape index (κ2) is 5.27. The Balaban J connectivity index is 2.12. The van der Waals surface area contributed by atoms with Crippen LogP contribution in [0.25, 0.3) is 0 Å². The fourth-order valence-electron chi connectivity index (χ4n) is 2.34. The SMILES string of the molecule is O=CN[C@H]1Cc2ccccc2Sc2ccc(Cl)cc21. The molecule has 3 rings (SSSR count). The van der Waals surface area contributed by atoms with E-state index in [2.05, 4.69) is 17.4 Å². The molecule has 1 amide bonds. The number of fused-ring (bicyclic) bond motifs is 2. The Labute approximate surface area is 121 Å². The van der Waals surface area contributed by atoms with Gasteiger partial charge in [-0.1, -0.05) is 41.6 Å². The Morgan fingerprint density at radius 1 is 1.21 bits per heavy atom. The maximum atomic E-state index is 10.8. The van der Waals surface area contributed by atoms with E-state index in [0.717, 1.165) is 23.3 Å². The van der Waals surface area contributed by atoms with Gasteiger partial charge in [0, 0.05) is 14.8 Å². The molecule has 1 aliphatic heterocycles. The number of carbonyl (C=O) groups excluding carboxylic acids is 1. The van der Waals surface area contributed by atoms with E-state index < -0.39 is 0 Å². The first-order valence-electron chi connectivity index (χ1n) is 6.03. The van der Waals surface area contributed by atoms with Crippen molar-refractivity contribution in [3.63, 3.8) is 0 Å². The van der Waals surface area contributed by atoms with E-state index in [0.29, 0.717) is 5.02 Å². The van der Waals surface area contributed by atoms with Crippen molar-refractivity contribution in [1.29, 1.82) is 0 Å². The summed E-state index contributed by atoms with van der Waals surface area (Å²) < 4.78 is 0. The van der Waals surface area contributed by atoms with Gasteiger partial charge < -0.3 is 5.32 Å². The van der Waals surface area contributed by atoms with Crippen molar-refractivity contribution in [2.24, 2.45) is 0 Å². The van der Waals surface area contributed by atoms with Gasteiger partial charge in [0.25, 0.3) is 0 Å². The Morgan fingerprint density at radius 2 is 2.05 bits per heavy atom. The lowest BCUT2D eigenvalue weighted by atomic mass is 9.99. The minimum Gasteiger partial charge on any atom is -0.351 e. The van der Waals surface area contributed by atoms with Crippen molar-refractivity contribution >= 4 is 29.8 Å². The first-order valence-corrected chi connectivity index (χ1v) is 7.22. The third-order valence-corrected chi connectivity index (χ3v) is 4.68. The first-order chi connectivity index (χ1) is 9.28. The highest BCUT2D eigenvalue weighted by atomic mass is 35.5. The van der Waals surface area contributed by atoms with Gasteiger partial charge in [0.05, 0.1) is 6.04 Å². The predicted molar refractivity (Wildman–Crippen MR) is 77.7 cm³/mol. The molecule has 19 heavy (non-hydrogen) atoms. The highest BCUT2D eigenvalue weighted by molar-refractivity contribution is 7.99. The predicted octanol–water partition coefficient (Wildman–Crippen LogP) is 3.83.